The minimum absolute atomic E-state index is 0.0251. The van der Waals surface area contributed by atoms with Crippen molar-refractivity contribution in [1.29, 1.82) is 0 Å². The monoisotopic (exact) mass is 312 g/mol. The number of hydrogen-bond acceptors (Lipinski definition) is 3. The molecule has 0 aliphatic carbocycles. The summed E-state index contributed by atoms with van der Waals surface area (Å²) in [6.07, 6.45) is 4.84. The van der Waals surface area contributed by atoms with Crippen molar-refractivity contribution < 1.29 is 9.59 Å². The molecule has 0 bridgehead atoms. The Balaban J connectivity index is 1.63. The Bertz CT molecular complexity index is 706. The highest BCUT2D eigenvalue weighted by Crippen LogP contribution is 2.19. The molecule has 1 aliphatic heterocycles. The average Bonchev–Trinajstić information content (AvgIpc) is 2.97. The Labute approximate surface area is 133 Å². The summed E-state index contributed by atoms with van der Waals surface area (Å²) in [5, 5.41) is 5.37. The smallest absolute Gasteiger partial charge is 0.243 e. The molecule has 1 N–H and O–H groups in total. The summed E-state index contributed by atoms with van der Waals surface area (Å²) in [5.74, 6) is -0.177. The number of β-lactam (4-membered cyclic amide) rings is 1. The molecular formula is C17H16N2O2S. The Morgan fingerprint density at radius 1 is 1.23 bits per heavy atom. The lowest BCUT2D eigenvalue weighted by Gasteiger charge is -2.30. The van der Waals surface area contributed by atoms with Crippen LogP contribution in [-0.4, -0.2) is 23.4 Å². The Kier molecular flexibility index (Phi) is 4.34. The highest BCUT2D eigenvalue weighted by molar-refractivity contribution is 7.08. The molecule has 1 saturated heterocycles. The zero-order valence-corrected chi connectivity index (χ0v) is 12.8. The SMILES string of the molecule is O=C(Cc1cscc1C=Cc1ccccc1)NN1CCC1=O. The van der Waals surface area contributed by atoms with Gasteiger partial charge >= 0.3 is 0 Å². The molecule has 2 amide bonds. The number of nitrogens with one attached hydrogen (secondary N) is 1. The van der Waals surface area contributed by atoms with Crippen LogP contribution in [0.3, 0.4) is 0 Å². The largest absolute Gasteiger partial charge is 0.273 e. The molecule has 0 saturated carbocycles. The molecule has 0 unspecified atom stereocenters. The summed E-state index contributed by atoms with van der Waals surface area (Å²) in [6.45, 7) is 0.606. The van der Waals surface area contributed by atoms with E-state index in [2.05, 4.69) is 5.43 Å². The van der Waals surface area contributed by atoms with E-state index in [0.717, 1.165) is 16.7 Å². The first kappa shape index (κ1) is 14.5. The Morgan fingerprint density at radius 2 is 2.05 bits per heavy atom. The van der Waals surface area contributed by atoms with Crippen molar-refractivity contribution in [3.63, 3.8) is 0 Å². The van der Waals surface area contributed by atoms with Gasteiger partial charge in [0, 0.05) is 6.42 Å². The normalized spacial score (nSPS) is 14.2. The number of hydrazine groups is 1. The van der Waals surface area contributed by atoms with Gasteiger partial charge in [0.15, 0.2) is 0 Å². The minimum Gasteiger partial charge on any atom is -0.273 e. The van der Waals surface area contributed by atoms with Crippen LogP contribution in [-0.2, 0) is 16.0 Å². The topological polar surface area (TPSA) is 49.4 Å². The number of carbonyl (C=O) groups is 2. The van der Waals surface area contributed by atoms with Crippen LogP contribution in [0.2, 0.25) is 0 Å². The second-order valence-corrected chi connectivity index (χ2v) is 5.85. The summed E-state index contributed by atoms with van der Waals surface area (Å²) in [5.41, 5.74) is 5.77. The number of hydrogen-bond donors (Lipinski definition) is 1. The van der Waals surface area contributed by atoms with E-state index in [-0.39, 0.29) is 18.2 Å². The van der Waals surface area contributed by atoms with Crippen LogP contribution >= 0.6 is 11.3 Å². The average molecular weight is 312 g/mol. The Morgan fingerprint density at radius 3 is 2.73 bits per heavy atom. The molecule has 22 heavy (non-hydrogen) atoms. The quantitative estimate of drug-likeness (QED) is 0.863. The maximum absolute atomic E-state index is 12.0. The molecule has 5 heteroatoms. The number of rotatable bonds is 5. The summed E-state index contributed by atoms with van der Waals surface area (Å²) in [7, 11) is 0. The van der Waals surface area contributed by atoms with Crippen LogP contribution in [0.4, 0.5) is 0 Å². The number of carbonyl (C=O) groups excluding carboxylic acids is 2. The van der Waals surface area contributed by atoms with E-state index in [1.807, 2.05) is 53.2 Å². The maximum atomic E-state index is 12.0. The fraction of sp³-hybridized carbons (Fsp3) is 0.176. The number of nitrogens with zero attached hydrogens (tertiary/aromatic N) is 1. The third-order valence-corrected chi connectivity index (χ3v) is 4.30. The van der Waals surface area contributed by atoms with Gasteiger partial charge in [0.05, 0.1) is 13.0 Å². The van der Waals surface area contributed by atoms with Gasteiger partial charge in [-0.05, 0) is 27.5 Å². The molecule has 0 atom stereocenters. The molecule has 3 rings (SSSR count). The molecule has 2 aromatic rings. The van der Waals surface area contributed by atoms with Crippen LogP contribution in [0.25, 0.3) is 12.2 Å². The van der Waals surface area contributed by atoms with Gasteiger partial charge in [-0.2, -0.15) is 11.3 Å². The fourth-order valence-corrected chi connectivity index (χ4v) is 3.00. The highest BCUT2D eigenvalue weighted by Gasteiger charge is 2.25. The molecule has 2 heterocycles. The van der Waals surface area contributed by atoms with Crippen LogP contribution in [0.5, 0.6) is 0 Å². The van der Waals surface area contributed by atoms with Gasteiger partial charge in [0.2, 0.25) is 11.8 Å². The van der Waals surface area contributed by atoms with Crippen molar-refractivity contribution in [1.82, 2.24) is 10.4 Å². The lowest BCUT2D eigenvalue weighted by Crippen LogP contribution is -2.54. The van der Waals surface area contributed by atoms with Crippen molar-refractivity contribution in [2.45, 2.75) is 12.8 Å². The van der Waals surface area contributed by atoms with E-state index in [4.69, 9.17) is 0 Å². The molecule has 4 nitrogen and oxygen atoms in total. The fourth-order valence-electron chi connectivity index (χ4n) is 2.17. The summed E-state index contributed by atoms with van der Waals surface area (Å²) < 4.78 is 0. The Hall–Kier alpha value is -2.40. The zero-order chi connectivity index (χ0) is 15.4. The number of amides is 2. The van der Waals surface area contributed by atoms with Gasteiger partial charge < -0.3 is 0 Å². The van der Waals surface area contributed by atoms with Crippen molar-refractivity contribution in [2.75, 3.05) is 6.54 Å². The van der Waals surface area contributed by atoms with Crippen LogP contribution in [0, 0.1) is 0 Å². The van der Waals surface area contributed by atoms with E-state index in [1.54, 1.807) is 11.3 Å². The molecule has 1 fully saturated rings. The van der Waals surface area contributed by atoms with Crippen LogP contribution < -0.4 is 5.43 Å². The molecular weight excluding hydrogens is 296 g/mol. The van der Waals surface area contributed by atoms with E-state index < -0.39 is 0 Å². The number of thiophene rings is 1. The molecule has 1 aliphatic rings. The first-order valence-corrected chi connectivity index (χ1v) is 8.05. The van der Waals surface area contributed by atoms with Crippen LogP contribution in [0.15, 0.2) is 41.1 Å². The molecule has 112 valence electrons. The van der Waals surface area contributed by atoms with E-state index in [9.17, 15) is 9.59 Å². The van der Waals surface area contributed by atoms with Crippen molar-refractivity contribution in [2.24, 2.45) is 0 Å². The third kappa shape index (κ3) is 3.43. The van der Waals surface area contributed by atoms with Crippen LogP contribution in [0.1, 0.15) is 23.1 Å². The zero-order valence-electron chi connectivity index (χ0n) is 12.0. The van der Waals surface area contributed by atoms with Crippen molar-refractivity contribution in [3.8, 4) is 0 Å². The minimum atomic E-state index is -0.152. The predicted octanol–water partition coefficient (Wildman–Crippen LogP) is 2.72. The van der Waals surface area contributed by atoms with Gasteiger partial charge in [0.1, 0.15) is 0 Å². The first-order valence-electron chi connectivity index (χ1n) is 7.10. The highest BCUT2D eigenvalue weighted by atomic mass is 32.1. The summed E-state index contributed by atoms with van der Waals surface area (Å²) >= 11 is 1.57. The lowest BCUT2D eigenvalue weighted by atomic mass is 10.1. The first-order chi connectivity index (χ1) is 10.7. The second-order valence-electron chi connectivity index (χ2n) is 5.10. The van der Waals surface area contributed by atoms with E-state index in [1.165, 1.54) is 5.01 Å². The molecule has 1 aromatic carbocycles. The van der Waals surface area contributed by atoms with E-state index in [0.29, 0.717) is 13.0 Å². The van der Waals surface area contributed by atoms with Gasteiger partial charge in [-0.25, -0.2) is 0 Å². The van der Waals surface area contributed by atoms with Gasteiger partial charge in [0.25, 0.3) is 0 Å². The molecule has 0 radical (unpaired) electrons. The summed E-state index contributed by atoms with van der Waals surface area (Å²) in [6, 6.07) is 10.0. The molecule has 0 spiro atoms. The standard InChI is InChI=1S/C17H16N2O2S/c20-16(18-19-9-8-17(19)21)10-15-12-22-11-14(15)7-6-13-4-2-1-3-5-13/h1-7,11-12H,8-10H2,(H,18,20). The summed E-state index contributed by atoms with van der Waals surface area (Å²) in [4.78, 5) is 23.2. The lowest BCUT2D eigenvalue weighted by molar-refractivity contribution is -0.149. The van der Waals surface area contributed by atoms with Gasteiger partial charge in [-0.3, -0.25) is 20.0 Å². The van der Waals surface area contributed by atoms with Crippen molar-refractivity contribution in [3.05, 3.63) is 57.8 Å². The van der Waals surface area contributed by atoms with Gasteiger partial charge in [-0.1, -0.05) is 42.5 Å². The predicted molar refractivity (Wildman–Crippen MR) is 87.9 cm³/mol. The van der Waals surface area contributed by atoms with E-state index >= 15 is 0 Å². The van der Waals surface area contributed by atoms with Gasteiger partial charge in [-0.15, -0.1) is 0 Å². The second kappa shape index (κ2) is 6.58. The molecule has 1 aromatic heterocycles. The van der Waals surface area contributed by atoms with Crippen molar-refractivity contribution >= 4 is 35.3 Å². The third-order valence-electron chi connectivity index (χ3n) is 3.49. The maximum Gasteiger partial charge on any atom is 0.243 e. The number of benzene rings is 1.